The minimum atomic E-state index is -0.622. The lowest BCUT2D eigenvalue weighted by Gasteiger charge is -2.36. The molecule has 6 nitrogen and oxygen atoms in total. The number of aliphatic imine (C=N–C) groups is 1. The Morgan fingerprint density at radius 2 is 1.81 bits per heavy atom. The van der Waals surface area contributed by atoms with E-state index in [-0.39, 0.29) is 5.91 Å². The van der Waals surface area contributed by atoms with Gasteiger partial charge in [-0.2, -0.15) is 0 Å². The Morgan fingerprint density at radius 3 is 2.41 bits per heavy atom. The van der Waals surface area contributed by atoms with Crippen molar-refractivity contribution in [1.29, 1.82) is 0 Å². The Bertz CT molecular complexity index is 817. The van der Waals surface area contributed by atoms with E-state index in [0.717, 1.165) is 76.0 Å². The summed E-state index contributed by atoms with van der Waals surface area (Å²) in [5.41, 5.74) is 7.99. The number of hydrogen-bond donors (Lipinski definition) is 2. The van der Waals surface area contributed by atoms with Crippen molar-refractivity contribution in [2.24, 2.45) is 16.6 Å². The fourth-order valence-electron chi connectivity index (χ4n) is 4.84. The van der Waals surface area contributed by atoms with Crippen LogP contribution in [-0.2, 0) is 4.79 Å². The van der Waals surface area contributed by atoms with Gasteiger partial charge in [0.25, 0.3) is 5.91 Å². The molecule has 0 spiro atoms. The number of likely N-dealkylation sites (tertiary alicyclic amines) is 1. The molecule has 2 heterocycles. The fourth-order valence-corrected chi connectivity index (χ4v) is 4.84. The molecule has 1 amide bonds. The SMILES string of the molecule is C=C(Nc1ccccc1C)N1CCC(CN2C(=O)C(CCCC)(CCCC)N=C2N)CC1. The molecule has 3 N–H and O–H groups in total. The molecule has 0 aromatic heterocycles. The highest BCUT2D eigenvalue weighted by Gasteiger charge is 2.47. The van der Waals surface area contributed by atoms with Gasteiger partial charge in [-0.05, 0) is 50.2 Å². The highest BCUT2D eigenvalue weighted by molar-refractivity contribution is 6.06. The lowest BCUT2D eigenvalue weighted by molar-refractivity contribution is -0.132. The second kappa shape index (κ2) is 10.9. The number of guanidine groups is 1. The van der Waals surface area contributed by atoms with Crippen LogP contribution >= 0.6 is 0 Å². The standard InChI is InChI=1S/C26H41N5O/c1-5-7-15-26(16-8-6-2)24(32)31(25(27)29-26)19-22-13-17-30(18-14-22)21(4)28-23-12-10-9-11-20(23)3/h9-12,22,28H,4-8,13-19H2,1-3H3,(H2,27,29). The van der Waals surface area contributed by atoms with Crippen molar-refractivity contribution in [3.8, 4) is 0 Å². The van der Waals surface area contributed by atoms with E-state index < -0.39 is 5.54 Å². The number of unbranched alkanes of at least 4 members (excludes halogenated alkanes) is 2. The van der Waals surface area contributed by atoms with Crippen LogP contribution in [0, 0.1) is 12.8 Å². The number of amides is 1. The number of nitrogens with one attached hydrogen (secondary N) is 1. The minimum absolute atomic E-state index is 0.130. The van der Waals surface area contributed by atoms with Crippen molar-refractivity contribution in [2.75, 3.05) is 25.0 Å². The van der Waals surface area contributed by atoms with Crippen LogP contribution in [0.5, 0.6) is 0 Å². The number of rotatable bonds is 11. The summed E-state index contributed by atoms with van der Waals surface area (Å²) in [6, 6.07) is 8.26. The van der Waals surface area contributed by atoms with Crippen molar-refractivity contribution >= 4 is 17.6 Å². The number of carbonyl (C=O) groups excluding carboxylic acids is 1. The zero-order valence-electron chi connectivity index (χ0n) is 20.2. The van der Waals surface area contributed by atoms with E-state index in [4.69, 9.17) is 10.7 Å². The van der Waals surface area contributed by atoms with Crippen LogP contribution in [-0.4, -0.2) is 46.8 Å². The monoisotopic (exact) mass is 439 g/mol. The average molecular weight is 440 g/mol. The number of hydrogen-bond acceptors (Lipinski definition) is 5. The number of nitrogens with zero attached hydrogens (tertiary/aromatic N) is 3. The molecule has 1 saturated heterocycles. The number of anilines is 1. The Hall–Kier alpha value is -2.50. The largest absolute Gasteiger partial charge is 0.369 e. The number of piperidine rings is 1. The van der Waals surface area contributed by atoms with E-state index in [2.05, 4.69) is 49.7 Å². The molecule has 0 saturated carbocycles. The molecule has 1 aromatic carbocycles. The zero-order valence-corrected chi connectivity index (χ0v) is 20.2. The molecule has 2 aliphatic heterocycles. The second-order valence-corrected chi connectivity index (χ2v) is 9.44. The first-order valence-corrected chi connectivity index (χ1v) is 12.3. The number of carbonyl (C=O) groups is 1. The summed E-state index contributed by atoms with van der Waals surface area (Å²) in [7, 11) is 0. The van der Waals surface area contributed by atoms with Crippen molar-refractivity contribution in [1.82, 2.24) is 9.80 Å². The van der Waals surface area contributed by atoms with E-state index >= 15 is 0 Å². The number of aryl methyl sites for hydroxylation is 1. The summed E-state index contributed by atoms with van der Waals surface area (Å²) in [6.07, 6.45) is 7.80. The lowest BCUT2D eigenvalue weighted by Crippen LogP contribution is -2.48. The van der Waals surface area contributed by atoms with E-state index in [0.29, 0.717) is 18.4 Å². The van der Waals surface area contributed by atoms with Crippen molar-refractivity contribution in [3.63, 3.8) is 0 Å². The second-order valence-electron chi connectivity index (χ2n) is 9.44. The van der Waals surface area contributed by atoms with Gasteiger partial charge in [0, 0.05) is 25.3 Å². The summed E-state index contributed by atoms with van der Waals surface area (Å²) in [5, 5.41) is 3.46. The lowest BCUT2D eigenvalue weighted by atomic mass is 9.87. The first kappa shape index (κ1) is 24.1. The van der Waals surface area contributed by atoms with Crippen molar-refractivity contribution in [2.45, 2.75) is 77.7 Å². The molecular weight excluding hydrogens is 398 g/mol. The van der Waals surface area contributed by atoms with Gasteiger partial charge in [-0.15, -0.1) is 0 Å². The van der Waals surface area contributed by atoms with Gasteiger partial charge < -0.3 is 16.0 Å². The first-order chi connectivity index (χ1) is 15.4. The fraction of sp³-hybridized carbons (Fsp3) is 0.615. The Kier molecular flexibility index (Phi) is 8.21. The molecule has 0 aliphatic carbocycles. The van der Waals surface area contributed by atoms with Crippen LogP contribution in [0.3, 0.4) is 0 Å². The number of benzene rings is 1. The summed E-state index contributed by atoms with van der Waals surface area (Å²) >= 11 is 0. The Morgan fingerprint density at radius 1 is 1.19 bits per heavy atom. The molecule has 0 radical (unpaired) electrons. The van der Waals surface area contributed by atoms with E-state index in [1.807, 2.05) is 12.1 Å². The zero-order chi connectivity index (χ0) is 23.1. The van der Waals surface area contributed by atoms with E-state index in [1.165, 1.54) is 5.56 Å². The molecule has 2 aliphatic rings. The maximum atomic E-state index is 13.4. The van der Waals surface area contributed by atoms with Crippen molar-refractivity contribution < 1.29 is 4.79 Å². The number of nitrogens with two attached hydrogens (primary N) is 1. The van der Waals surface area contributed by atoms with Crippen molar-refractivity contribution in [3.05, 3.63) is 42.2 Å². The van der Waals surface area contributed by atoms with E-state index in [1.54, 1.807) is 4.90 Å². The van der Waals surface area contributed by atoms with Crippen LogP contribution in [0.1, 0.15) is 70.8 Å². The Balaban J connectivity index is 1.55. The van der Waals surface area contributed by atoms with E-state index in [9.17, 15) is 4.79 Å². The van der Waals surface area contributed by atoms with Gasteiger partial charge in [-0.1, -0.05) is 64.3 Å². The van der Waals surface area contributed by atoms with Gasteiger partial charge in [0.2, 0.25) is 0 Å². The third-order valence-electron chi connectivity index (χ3n) is 7.00. The third-order valence-corrected chi connectivity index (χ3v) is 7.00. The molecule has 1 fully saturated rings. The van der Waals surface area contributed by atoms with Gasteiger partial charge in [0.1, 0.15) is 5.54 Å². The van der Waals surface area contributed by atoms with Gasteiger partial charge in [-0.3, -0.25) is 9.69 Å². The normalized spacial score (nSPS) is 18.7. The minimum Gasteiger partial charge on any atom is -0.369 e. The van der Waals surface area contributed by atoms with Gasteiger partial charge in [-0.25, -0.2) is 4.99 Å². The topological polar surface area (TPSA) is 74.0 Å². The summed E-state index contributed by atoms with van der Waals surface area (Å²) in [6.45, 7) is 13.2. The molecule has 0 atom stereocenters. The maximum Gasteiger partial charge on any atom is 0.257 e. The maximum absolute atomic E-state index is 13.4. The summed E-state index contributed by atoms with van der Waals surface area (Å²) in [5.74, 6) is 1.93. The van der Waals surface area contributed by atoms with Crippen LogP contribution in [0.25, 0.3) is 0 Å². The Labute approximate surface area is 193 Å². The quantitative estimate of drug-likeness (QED) is 0.516. The van der Waals surface area contributed by atoms with Crippen LogP contribution in [0.15, 0.2) is 41.7 Å². The highest BCUT2D eigenvalue weighted by atomic mass is 16.2. The molecule has 32 heavy (non-hydrogen) atoms. The first-order valence-electron chi connectivity index (χ1n) is 12.3. The van der Waals surface area contributed by atoms with Crippen LogP contribution in [0.2, 0.25) is 0 Å². The van der Waals surface area contributed by atoms with Crippen LogP contribution in [0.4, 0.5) is 5.69 Å². The molecular formula is C26H41N5O. The molecule has 176 valence electrons. The molecule has 6 heteroatoms. The predicted molar refractivity (Wildman–Crippen MR) is 133 cm³/mol. The molecule has 0 bridgehead atoms. The smallest absolute Gasteiger partial charge is 0.257 e. The highest BCUT2D eigenvalue weighted by Crippen LogP contribution is 2.34. The molecule has 3 rings (SSSR count). The summed E-state index contributed by atoms with van der Waals surface area (Å²) in [4.78, 5) is 22.3. The molecule has 0 unspecified atom stereocenters. The molecule has 1 aromatic rings. The average Bonchev–Trinajstić information content (AvgIpc) is 3.02. The number of para-hydroxylation sites is 1. The van der Waals surface area contributed by atoms with Gasteiger partial charge >= 0.3 is 0 Å². The van der Waals surface area contributed by atoms with Gasteiger partial charge in [0.05, 0.1) is 5.82 Å². The van der Waals surface area contributed by atoms with Gasteiger partial charge in [0.15, 0.2) is 5.96 Å². The predicted octanol–water partition coefficient (Wildman–Crippen LogP) is 4.87. The third kappa shape index (κ3) is 5.45. The van der Waals surface area contributed by atoms with Crippen LogP contribution < -0.4 is 11.1 Å². The summed E-state index contributed by atoms with van der Waals surface area (Å²) < 4.78 is 0.